The van der Waals surface area contributed by atoms with Crippen molar-refractivity contribution in [3.8, 4) is 0 Å². The van der Waals surface area contributed by atoms with Gasteiger partial charge in [-0.1, -0.05) is 6.07 Å². The van der Waals surface area contributed by atoms with Crippen LogP contribution >= 0.6 is 0 Å². The Morgan fingerprint density at radius 3 is 2.62 bits per heavy atom. The molecule has 1 aromatic rings. The third-order valence-corrected chi connectivity index (χ3v) is 2.32. The topological polar surface area (TPSA) is 42.1 Å². The molecule has 2 heterocycles. The van der Waals surface area contributed by atoms with E-state index in [-0.39, 0.29) is 5.54 Å². The van der Waals surface area contributed by atoms with Crippen LogP contribution in [0, 0.1) is 6.92 Å². The summed E-state index contributed by atoms with van der Waals surface area (Å²) in [5.41, 5.74) is 7.08. The van der Waals surface area contributed by atoms with Gasteiger partial charge in [0, 0.05) is 24.8 Å². The zero-order valence-electron chi connectivity index (χ0n) is 8.12. The molecule has 13 heavy (non-hydrogen) atoms. The standard InChI is InChI=1S/C10H15N3/c1-8-3-4-9(12-5-8)13-6-10(2,11)7-13/h3-5H,6-7,11H2,1-2H3. The van der Waals surface area contributed by atoms with E-state index in [2.05, 4.69) is 22.9 Å². The maximum absolute atomic E-state index is 5.91. The summed E-state index contributed by atoms with van der Waals surface area (Å²) in [4.78, 5) is 6.53. The molecule has 3 nitrogen and oxygen atoms in total. The fraction of sp³-hybridized carbons (Fsp3) is 0.500. The van der Waals surface area contributed by atoms with E-state index < -0.39 is 0 Å². The van der Waals surface area contributed by atoms with E-state index in [0.29, 0.717) is 0 Å². The van der Waals surface area contributed by atoms with Crippen molar-refractivity contribution >= 4 is 5.82 Å². The van der Waals surface area contributed by atoms with Crippen LogP contribution in [-0.4, -0.2) is 23.6 Å². The van der Waals surface area contributed by atoms with Crippen LogP contribution in [0.15, 0.2) is 18.3 Å². The summed E-state index contributed by atoms with van der Waals surface area (Å²) in [5, 5.41) is 0. The molecule has 0 bridgehead atoms. The molecule has 70 valence electrons. The average molecular weight is 177 g/mol. The second-order valence-electron chi connectivity index (χ2n) is 4.20. The van der Waals surface area contributed by atoms with Crippen molar-refractivity contribution in [1.82, 2.24) is 4.98 Å². The highest BCUT2D eigenvalue weighted by atomic mass is 15.3. The van der Waals surface area contributed by atoms with Crippen LogP contribution in [0.1, 0.15) is 12.5 Å². The highest BCUT2D eigenvalue weighted by Gasteiger charge is 2.35. The summed E-state index contributed by atoms with van der Waals surface area (Å²) in [7, 11) is 0. The van der Waals surface area contributed by atoms with Gasteiger partial charge in [-0.05, 0) is 25.5 Å². The smallest absolute Gasteiger partial charge is 0.128 e. The third kappa shape index (κ3) is 1.65. The number of hydrogen-bond donors (Lipinski definition) is 1. The largest absolute Gasteiger partial charge is 0.353 e. The van der Waals surface area contributed by atoms with Crippen molar-refractivity contribution in [1.29, 1.82) is 0 Å². The minimum atomic E-state index is -0.0213. The van der Waals surface area contributed by atoms with Crippen LogP contribution in [0.2, 0.25) is 0 Å². The Labute approximate surface area is 78.6 Å². The molecule has 1 saturated heterocycles. The van der Waals surface area contributed by atoms with Crippen molar-refractivity contribution in [3.05, 3.63) is 23.9 Å². The highest BCUT2D eigenvalue weighted by Crippen LogP contribution is 2.23. The molecule has 1 aliphatic rings. The van der Waals surface area contributed by atoms with Crippen LogP contribution in [0.25, 0.3) is 0 Å². The molecule has 0 aliphatic carbocycles. The number of aromatic nitrogens is 1. The maximum Gasteiger partial charge on any atom is 0.128 e. The van der Waals surface area contributed by atoms with Gasteiger partial charge in [0.15, 0.2) is 0 Å². The molecule has 0 amide bonds. The monoisotopic (exact) mass is 177 g/mol. The molecule has 0 aromatic carbocycles. The lowest BCUT2D eigenvalue weighted by Gasteiger charge is -2.46. The third-order valence-electron chi connectivity index (χ3n) is 2.32. The highest BCUT2D eigenvalue weighted by molar-refractivity contribution is 5.44. The van der Waals surface area contributed by atoms with Crippen LogP contribution in [0.4, 0.5) is 5.82 Å². The Balaban J connectivity index is 2.08. The maximum atomic E-state index is 5.91. The van der Waals surface area contributed by atoms with Gasteiger partial charge in [-0.3, -0.25) is 0 Å². The van der Waals surface area contributed by atoms with Crippen molar-refractivity contribution in [2.24, 2.45) is 5.73 Å². The van der Waals surface area contributed by atoms with Crippen molar-refractivity contribution in [3.63, 3.8) is 0 Å². The Hall–Kier alpha value is -1.09. The van der Waals surface area contributed by atoms with E-state index in [4.69, 9.17) is 5.73 Å². The molecule has 0 saturated carbocycles. The molecule has 0 radical (unpaired) electrons. The van der Waals surface area contributed by atoms with Crippen molar-refractivity contribution in [2.45, 2.75) is 19.4 Å². The molecule has 1 aliphatic heterocycles. The van der Waals surface area contributed by atoms with Crippen LogP contribution in [0.3, 0.4) is 0 Å². The van der Waals surface area contributed by atoms with E-state index in [1.54, 1.807) is 0 Å². The van der Waals surface area contributed by atoms with E-state index in [0.717, 1.165) is 18.9 Å². The summed E-state index contributed by atoms with van der Waals surface area (Å²) in [6.07, 6.45) is 1.89. The van der Waals surface area contributed by atoms with E-state index >= 15 is 0 Å². The lowest BCUT2D eigenvalue weighted by Crippen LogP contribution is -2.65. The Kier molecular flexibility index (Phi) is 1.77. The molecule has 1 fully saturated rings. The normalized spacial score (nSPS) is 19.8. The summed E-state index contributed by atoms with van der Waals surface area (Å²) in [5.74, 6) is 1.04. The Bertz CT molecular complexity index is 294. The van der Waals surface area contributed by atoms with Crippen LogP contribution < -0.4 is 10.6 Å². The molecule has 3 heteroatoms. The van der Waals surface area contributed by atoms with Crippen molar-refractivity contribution < 1.29 is 0 Å². The number of rotatable bonds is 1. The molecular formula is C10H15N3. The second-order valence-corrected chi connectivity index (χ2v) is 4.20. The van der Waals surface area contributed by atoms with Gasteiger partial charge in [-0.25, -0.2) is 4.98 Å². The molecule has 0 unspecified atom stereocenters. The van der Waals surface area contributed by atoms with Gasteiger partial charge in [-0.2, -0.15) is 0 Å². The Morgan fingerprint density at radius 2 is 2.15 bits per heavy atom. The minimum absolute atomic E-state index is 0.0213. The first-order valence-electron chi connectivity index (χ1n) is 4.53. The van der Waals surface area contributed by atoms with Gasteiger partial charge in [0.2, 0.25) is 0 Å². The van der Waals surface area contributed by atoms with Gasteiger partial charge in [0.1, 0.15) is 5.82 Å². The molecule has 2 rings (SSSR count). The molecule has 2 N–H and O–H groups in total. The van der Waals surface area contributed by atoms with E-state index in [9.17, 15) is 0 Å². The van der Waals surface area contributed by atoms with Gasteiger partial charge in [0.05, 0.1) is 0 Å². The number of anilines is 1. The molecule has 0 atom stereocenters. The van der Waals surface area contributed by atoms with Crippen LogP contribution in [-0.2, 0) is 0 Å². The van der Waals surface area contributed by atoms with Gasteiger partial charge in [-0.15, -0.1) is 0 Å². The lowest BCUT2D eigenvalue weighted by atomic mass is 9.94. The van der Waals surface area contributed by atoms with Gasteiger partial charge < -0.3 is 10.6 Å². The fourth-order valence-corrected chi connectivity index (χ4v) is 1.63. The zero-order valence-corrected chi connectivity index (χ0v) is 8.12. The Morgan fingerprint density at radius 1 is 1.46 bits per heavy atom. The fourth-order valence-electron chi connectivity index (χ4n) is 1.63. The number of hydrogen-bond acceptors (Lipinski definition) is 3. The number of pyridine rings is 1. The molecular weight excluding hydrogens is 162 g/mol. The number of nitrogens with two attached hydrogens (primary N) is 1. The summed E-state index contributed by atoms with van der Waals surface area (Å²) < 4.78 is 0. The summed E-state index contributed by atoms with van der Waals surface area (Å²) >= 11 is 0. The molecule has 1 aromatic heterocycles. The summed E-state index contributed by atoms with van der Waals surface area (Å²) in [6.45, 7) is 5.92. The predicted molar refractivity (Wildman–Crippen MR) is 53.8 cm³/mol. The first-order valence-corrected chi connectivity index (χ1v) is 4.53. The number of aryl methyl sites for hydroxylation is 1. The SMILES string of the molecule is Cc1ccc(N2CC(C)(N)C2)nc1. The van der Waals surface area contributed by atoms with E-state index in [1.807, 2.05) is 19.2 Å². The van der Waals surface area contributed by atoms with Gasteiger partial charge in [0.25, 0.3) is 0 Å². The average Bonchev–Trinajstić information content (AvgIpc) is 2.01. The lowest BCUT2D eigenvalue weighted by molar-refractivity contribution is 0.363. The predicted octanol–water partition coefficient (Wildman–Crippen LogP) is 0.927. The quantitative estimate of drug-likeness (QED) is 0.693. The van der Waals surface area contributed by atoms with Crippen molar-refractivity contribution in [2.75, 3.05) is 18.0 Å². The molecule has 0 spiro atoms. The van der Waals surface area contributed by atoms with Gasteiger partial charge >= 0.3 is 0 Å². The summed E-state index contributed by atoms with van der Waals surface area (Å²) in [6, 6.07) is 4.12. The zero-order chi connectivity index (χ0) is 9.47. The number of nitrogens with zero attached hydrogens (tertiary/aromatic N) is 2. The first-order chi connectivity index (χ1) is 6.07. The van der Waals surface area contributed by atoms with E-state index in [1.165, 1.54) is 5.56 Å². The van der Waals surface area contributed by atoms with Crippen LogP contribution in [0.5, 0.6) is 0 Å². The second kappa shape index (κ2) is 2.70. The first kappa shape index (κ1) is 8.51. The minimum Gasteiger partial charge on any atom is -0.353 e.